The topological polar surface area (TPSA) is 54.5 Å². The van der Waals surface area contributed by atoms with Crippen LogP contribution in [0.2, 0.25) is 0 Å². The Kier molecular flexibility index (Phi) is 4.75. The third-order valence-electron chi connectivity index (χ3n) is 4.31. The van der Waals surface area contributed by atoms with Crippen LogP contribution < -0.4 is 0 Å². The molecule has 1 amide bonds. The van der Waals surface area contributed by atoms with Crippen molar-refractivity contribution in [2.24, 2.45) is 0 Å². The molecule has 2 rings (SSSR count). The second kappa shape index (κ2) is 6.14. The van der Waals surface area contributed by atoms with Crippen molar-refractivity contribution in [2.45, 2.75) is 37.7 Å². The summed E-state index contributed by atoms with van der Waals surface area (Å²) < 4.78 is 61.1. The van der Waals surface area contributed by atoms with Crippen LogP contribution in [0.15, 0.2) is 24.3 Å². The number of rotatable bonds is 2. The lowest BCUT2D eigenvalue weighted by Crippen LogP contribution is -2.54. The Hall–Kier alpha value is -1.57. The van der Waals surface area contributed by atoms with Crippen molar-refractivity contribution in [1.82, 2.24) is 4.90 Å². The van der Waals surface area contributed by atoms with Crippen LogP contribution >= 0.6 is 0 Å². The Morgan fingerprint density at radius 2 is 1.78 bits per heavy atom. The van der Waals surface area contributed by atoms with E-state index in [1.165, 1.54) is 17.0 Å². The number of alkyl halides is 3. The molecule has 0 aliphatic carbocycles. The molecule has 128 valence electrons. The molecule has 23 heavy (non-hydrogen) atoms. The van der Waals surface area contributed by atoms with E-state index >= 15 is 0 Å². The number of amides is 1. The van der Waals surface area contributed by atoms with E-state index in [1.54, 1.807) is 13.8 Å². The fraction of sp³-hybridized carbons (Fsp3) is 0.533. The number of hydrogen-bond acceptors (Lipinski definition) is 3. The number of hydrogen-bond donors (Lipinski definition) is 0. The van der Waals surface area contributed by atoms with Gasteiger partial charge < -0.3 is 4.90 Å². The van der Waals surface area contributed by atoms with Crippen molar-refractivity contribution in [3.05, 3.63) is 35.4 Å². The fourth-order valence-electron chi connectivity index (χ4n) is 2.61. The molecule has 0 N–H and O–H groups in total. The van der Waals surface area contributed by atoms with Gasteiger partial charge in [0, 0.05) is 12.6 Å². The van der Waals surface area contributed by atoms with E-state index in [1.807, 2.05) is 0 Å². The molecular weight excluding hydrogens is 331 g/mol. The van der Waals surface area contributed by atoms with Crippen LogP contribution in [0.5, 0.6) is 0 Å². The summed E-state index contributed by atoms with van der Waals surface area (Å²) in [5.41, 5.74) is -0.295. The van der Waals surface area contributed by atoms with Crippen molar-refractivity contribution in [2.75, 3.05) is 12.3 Å². The molecule has 1 aromatic rings. The van der Waals surface area contributed by atoms with Gasteiger partial charge >= 0.3 is 6.18 Å². The molecule has 2 atom stereocenters. The number of carbonyl (C=O) groups is 1. The summed E-state index contributed by atoms with van der Waals surface area (Å²) in [7, 11) is -3.19. The van der Waals surface area contributed by atoms with Crippen molar-refractivity contribution in [3.8, 4) is 0 Å². The van der Waals surface area contributed by atoms with Gasteiger partial charge in [-0.15, -0.1) is 0 Å². The molecule has 0 bridgehead atoms. The second-order valence-corrected chi connectivity index (χ2v) is 8.25. The minimum absolute atomic E-state index is 0.0464. The molecular formula is C15H18F3NO3S. The average Bonchev–Trinajstić information content (AvgIpc) is 2.44. The van der Waals surface area contributed by atoms with Crippen molar-refractivity contribution < 1.29 is 26.4 Å². The summed E-state index contributed by atoms with van der Waals surface area (Å²) in [5, 5.41) is -0.646. The fourth-order valence-corrected chi connectivity index (χ4v) is 4.18. The van der Waals surface area contributed by atoms with Crippen LogP contribution in [-0.2, 0) is 27.2 Å². The van der Waals surface area contributed by atoms with Crippen LogP contribution in [0.1, 0.15) is 25.0 Å². The van der Waals surface area contributed by atoms with Gasteiger partial charge in [0.15, 0.2) is 9.84 Å². The first-order chi connectivity index (χ1) is 10.5. The molecule has 0 saturated carbocycles. The average molecular weight is 349 g/mol. The van der Waals surface area contributed by atoms with Crippen LogP contribution in [0.25, 0.3) is 0 Å². The SMILES string of the molecule is CC1C(C)S(=O)(=O)CCN1C(=O)Cc1ccc(C(F)(F)F)cc1. The monoisotopic (exact) mass is 349 g/mol. The van der Waals surface area contributed by atoms with E-state index in [4.69, 9.17) is 0 Å². The van der Waals surface area contributed by atoms with E-state index in [0.29, 0.717) is 5.56 Å². The van der Waals surface area contributed by atoms with E-state index in [2.05, 4.69) is 0 Å². The second-order valence-electron chi connectivity index (χ2n) is 5.77. The first-order valence-electron chi connectivity index (χ1n) is 7.19. The number of sulfone groups is 1. The predicted molar refractivity (Wildman–Crippen MR) is 79.6 cm³/mol. The van der Waals surface area contributed by atoms with Gasteiger partial charge in [-0.3, -0.25) is 4.79 Å². The van der Waals surface area contributed by atoms with Crippen LogP contribution in [0.4, 0.5) is 13.2 Å². The first-order valence-corrected chi connectivity index (χ1v) is 8.91. The molecule has 1 aliphatic rings. The lowest BCUT2D eigenvalue weighted by atomic mass is 10.1. The summed E-state index contributed by atoms with van der Waals surface area (Å²) >= 11 is 0. The Morgan fingerprint density at radius 3 is 2.30 bits per heavy atom. The van der Waals surface area contributed by atoms with Gasteiger partial charge in [0.05, 0.1) is 23.0 Å². The normalized spacial score (nSPS) is 24.5. The molecule has 1 aliphatic heterocycles. The maximum Gasteiger partial charge on any atom is 0.416 e. The number of carbonyl (C=O) groups excluding carboxylic acids is 1. The highest BCUT2D eigenvalue weighted by molar-refractivity contribution is 7.92. The minimum atomic E-state index is -4.41. The summed E-state index contributed by atoms with van der Waals surface area (Å²) in [6, 6.07) is 3.98. The van der Waals surface area contributed by atoms with Gasteiger partial charge in [0.2, 0.25) is 5.91 Å². The number of nitrogens with zero attached hydrogens (tertiary/aromatic N) is 1. The maximum absolute atomic E-state index is 12.5. The van der Waals surface area contributed by atoms with Crippen molar-refractivity contribution in [3.63, 3.8) is 0 Å². The van der Waals surface area contributed by atoms with E-state index in [9.17, 15) is 26.4 Å². The molecule has 8 heteroatoms. The van der Waals surface area contributed by atoms with Crippen molar-refractivity contribution in [1.29, 1.82) is 0 Å². The van der Waals surface area contributed by atoms with Gasteiger partial charge in [-0.2, -0.15) is 13.2 Å². The van der Waals surface area contributed by atoms with Gasteiger partial charge in [-0.1, -0.05) is 12.1 Å². The summed E-state index contributed by atoms with van der Waals surface area (Å²) in [5.74, 6) is -0.365. The van der Waals surface area contributed by atoms with Crippen LogP contribution in [0.3, 0.4) is 0 Å². The number of halogens is 3. The molecule has 0 radical (unpaired) electrons. The summed E-state index contributed by atoms with van der Waals surface area (Å²) in [6.45, 7) is 3.36. The standard InChI is InChI=1S/C15H18F3NO3S/c1-10-11(2)23(21,22)8-7-19(10)14(20)9-12-3-5-13(6-4-12)15(16,17)18/h3-6,10-11H,7-9H2,1-2H3. The maximum atomic E-state index is 12.5. The number of benzene rings is 1. The molecule has 0 aromatic heterocycles. The third kappa shape index (κ3) is 3.85. The summed E-state index contributed by atoms with van der Waals surface area (Å²) in [6.07, 6.45) is -4.46. The van der Waals surface area contributed by atoms with E-state index < -0.39 is 32.9 Å². The zero-order valence-electron chi connectivity index (χ0n) is 12.8. The highest BCUT2D eigenvalue weighted by Gasteiger charge is 2.37. The smallest absolute Gasteiger partial charge is 0.337 e. The highest BCUT2D eigenvalue weighted by atomic mass is 32.2. The zero-order valence-corrected chi connectivity index (χ0v) is 13.6. The molecule has 1 saturated heterocycles. The van der Waals surface area contributed by atoms with Gasteiger partial charge in [0.25, 0.3) is 0 Å². The van der Waals surface area contributed by atoms with E-state index in [0.717, 1.165) is 12.1 Å². The van der Waals surface area contributed by atoms with E-state index in [-0.39, 0.29) is 24.6 Å². The molecule has 1 aromatic carbocycles. The predicted octanol–water partition coefficient (Wildman–Crippen LogP) is 2.28. The molecule has 4 nitrogen and oxygen atoms in total. The Bertz CT molecular complexity index is 683. The molecule has 0 spiro atoms. The molecule has 1 heterocycles. The van der Waals surface area contributed by atoms with Crippen LogP contribution in [0, 0.1) is 0 Å². The molecule has 2 unspecified atom stereocenters. The Labute approximate surface area is 133 Å². The van der Waals surface area contributed by atoms with Crippen molar-refractivity contribution >= 4 is 15.7 Å². The largest absolute Gasteiger partial charge is 0.416 e. The quantitative estimate of drug-likeness (QED) is 0.823. The minimum Gasteiger partial charge on any atom is -0.337 e. The van der Waals surface area contributed by atoms with Gasteiger partial charge in [-0.05, 0) is 31.5 Å². The first kappa shape index (κ1) is 17.8. The van der Waals surface area contributed by atoms with Gasteiger partial charge in [-0.25, -0.2) is 8.42 Å². The lowest BCUT2D eigenvalue weighted by Gasteiger charge is -2.37. The summed E-state index contributed by atoms with van der Waals surface area (Å²) in [4.78, 5) is 13.8. The highest BCUT2D eigenvalue weighted by Crippen LogP contribution is 2.29. The lowest BCUT2D eigenvalue weighted by molar-refractivity contribution is -0.137. The third-order valence-corrected chi connectivity index (χ3v) is 6.59. The van der Waals surface area contributed by atoms with Gasteiger partial charge in [0.1, 0.15) is 0 Å². The Morgan fingerprint density at radius 1 is 1.22 bits per heavy atom. The molecule has 1 fully saturated rings. The van der Waals surface area contributed by atoms with Crippen LogP contribution in [-0.4, -0.2) is 42.8 Å². The zero-order chi connectivity index (χ0) is 17.4. The Balaban J connectivity index is 2.08.